The van der Waals surface area contributed by atoms with Crippen LogP contribution in [0.1, 0.15) is 24.3 Å². The van der Waals surface area contributed by atoms with Gasteiger partial charge in [-0.1, -0.05) is 6.92 Å². The number of thiophene rings is 1. The van der Waals surface area contributed by atoms with Gasteiger partial charge in [-0.2, -0.15) is 0 Å². The molecule has 0 bridgehead atoms. The zero-order chi connectivity index (χ0) is 10.7. The van der Waals surface area contributed by atoms with Crippen LogP contribution >= 0.6 is 27.3 Å². The molecule has 1 fully saturated rings. The topological polar surface area (TPSA) is 15.3 Å². The van der Waals surface area contributed by atoms with Crippen molar-refractivity contribution in [2.75, 3.05) is 26.2 Å². The number of nitrogens with zero attached hydrogens (tertiary/aromatic N) is 1. The molecule has 0 unspecified atom stereocenters. The van der Waals surface area contributed by atoms with E-state index < -0.39 is 0 Å². The minimum absolute atomic E-state index is 0.599. The van der Waals surface area contributed by atoms with Gasteiger partial charge in [-0.15, -0.1) is 11.3 Å². The Morgan fingerprint density at radius 1 is 1.53 bits per heavy atom. The Hall–Kier alpha value is 0.1000. The van der Waals surface area contributed by atoms with Crippen LogP contribution in [0.15, 0.2) is 15.9 Å². The quantitative estimate of drug-likeness (QED) is 0.920. The molecule has 15 heavy (non-hydrogen) atoms. The summed E-state index contributed by atoms with van der Waals surface area (Å²) < 4.78 is 1.28. The van der Waals surface area contributed by atoms with Crippen molar-refractivity contribution in [3.05, 3.63) is 20.8 Å². The summed E-state index contributed by atoms with van der Waals surface area (Å²) in [5.74, 6) is 0. The smallest absolute Gasteiger partial charge is 0.0451 e. The molecule has 1 N–H and O–H groups in total. The van der Waals surface area contributed by atoms with Crippen LogP contribution in [-0.4, -0.2) is 31.1 Å². The summed E-state index contributed by atoms with van der Waals surface area (Å²) in [4.78, 5) is 4.08. The third-order valence-corrected chi connectivity index (χ3v) is 4.90. The maximum atomic E-state index is 3.64. The molecule has 0 amide bonds. The second kappa shape index (κ2) is 5.43. The predicted octanol–water partition coefficient (Wildman–Crippen LogP) is 2.87. The molecule has 1 aromatic rings. The second-order valence-electron chi connectivity index (χ2n) is 3.84. The predicted molar refractivity (Wildman–Crippen MR) is 69.5 cm³/mol. The molecule has 0 spiro atoms. The lowest BCUT2D eigenvalue weighted by atomic mass is 10.1. The molecule has 1 atom stereocenters. The van der Waals surface area contributed by atoms with Gasteiger partial charge in [0.05, 0.1) is 0 Å². The molecule has 1 saturated heterocycles. The Morgan fingerprint density at radius 2 is 2.27 bits per heavy atom. The van der Waals surface area contributed by atoms with Crippen LogP contribution in [0.2, 0.25) is 0 Å². The van der Waals surface area contributed by atoms with Gasteiger partial charge in [-0.05, 0) is 33.8 Å². The van der Waals surface area contributed by atoms with Crippen molar-refractivity contribution >= 4 is 27.3 Å². The number of rotatable bonds is 3. The summed E-state index contributed by atoms with van der Waals surface area (Å²) in [6, 6.07) is 2.76. The van der Waals surface area contributed by atoms with Crippen LogP contribution in [-0.2, 0) is 0 Å². The fourth-order valence-electron chi connectivity index (χ4n) is 2.15. The van der Waals surface area contributed by atoms with E-state index in [4.69, 9.17) is 0 Å². The molecule has 1 aliphatic rings. The summed E-state index contributed by atoms with van der Waals surface area (Å²) in [6.45, 7) is 6.86. The highest BCUT2D eigenvalue weighted by atomic mass is 79.9. The van der Waals surface area contributed by atoms with Gasteiger partial charge in [0.15, 0.2) is 0 Å². The van der Waals surface area contributed by atoms with Gasteiger partial charge in [0.2, 0.25) is 0 Å². The first-order valence-corrected chi connectivity index (χ1v) is 7.18. The van der Waals surface area contributed by atoms with Crippen LogP contribution in [0.5, 0.6) is 0 Å². The van der Waals surface area contributed by atoms with Crippen molar-refractivity contribution in [3.8, 4) is 0 Å². The highest BCUT2D eigenvalue weighted by Gasteiger charge is 2.22. The zero-order valence-electron chi connectivity index (χ0n) is 9.00. The van der Waals surface area contributed by atoms with Crippen LogP contribution in [0.4, 0.5) is 0 Å². The Balaban J connectivity index is 2.12. The number of hydrogen-bond acceptors (Lipinski definition) is 3. The van der Waals surface area contributed by atoms with Gasteiger partial charge in [0.1, 0.15) is 0 Å². The second-order valence-corrected chi connectivity index (χ2v) is 5.64. The Labute approximate surface area is 104 Å². The molecule has 1 aromatic heterocycles. The molecule has 84 valence electrons. The third kappa shape index (κ3) is 2.61. The summed E-state index contributed by atoms with van der Waals surface area (Å²) >= 11 is 5.51. The lowest BCUT2D eigenvalue weighted by molar-refractivity contribution is 0.171. The van der Waals surface area contributed by atoms with Crippen molar-refractivity contribution in [3.63, 3.8) is 0 Å². The Bertz CT molecular complexity index is 307. The highest BCUT2D eigenvalue weighted by Crippen LogP contribution is 2.34. The molecule has 2 nitrogen and oxygen atoms in total. The van der Waals surface area contributed by atoms with Crippen molar-refractivity contribution in [2.24, 2.45) is 0 Å². The van der Waals surface area contributed by atoms with Gasteiger partial charge in [-0.3, -0.25) is 4.90 Å². The summed E-state index contributed by atoms with van der Waals surface area (Å²) in [5.41, 5.74) is 0. The summed E-state index contributed by atoms with van der Waals surface area (Å²) in [7, 11) is 0. The van der Waals surface area contributed by atoms with E-state index in [9.17, 15) is 0 Å². The maximum absolute atomic E-state index is 3.64. The summed E-state index contributed by atoms with van der Waals surface area (Å²) in [5, 5.41) is 5.57. The van der Waals surface area contributed by atoms with Gasteiger partial charge in [0.25, 0.3) is 0 Å². The fourth-order valence-corrected chi connectivity index (χ4v) is 4.00. The lowest BCUT2D eigenvalue weighted by Crippen LogP contribution is -2.44. The fraction of sp³-hybridized carbons (Fsp3) is 0.636. The van der Waals surface area contributed by atoms with Crippen LogP contribution < -0.4 is 5.32 Å². The maximum Gasteiger partial charge on any atom is 0.0451 e. The molecular weight excluding hydrogens is 272 g/mol. The minimum atomic E-state index is 0.599. The molecular formula is C11H17BrN2S. The first-order chi connectivity index (χ1) is 7.33. The lowest BCUT2D eigenvalue weighted by Gasteiger charge is -2.34. The molecule has 0 saturated carbocycles. The highest BCUT2D eigenvalue weighted by molar-refractivity contribution is 9.10. The van der Waals surface area contributed by atoms with Crippen molar-refractivity contribution in [1.82, 2.24) is 10.2 Å². The Kier molecular flexibility index (Phi) is 4.20. The van der Waals surface area contributed by atoms with Gasteiger partial charge in [0, 0.05) is 41.6 Å². The average molecular weight is 289 g/mol. The van der Waals surface area contributed by atoms with E-state index in [1.807, 2.05) is 11.3 Å². The first-order valence-electron chi connectivity index (χ1n) is 5.50. The molecule has 0 aromatic carbocycles. The summed E-state index contributed by atoms with van der Waals surface area (Å²) in [6.07, 6.45) is 1.19. The monoisotopic (exact) mass is 288 g/mol. The standard InChI is InChI=1S/C11H17BrN2S/c1-2-10(11-9(12)3-8-15-11)14-6-4-13-5-7-14/h3,8,10,13H,2,4-7H2,1H3/t10-/m1/s1. The molecule has 4 heteroatoms. The zero-order valence-corrected chi connectivity index (χ0v) is 11.4. The number of hydrogen-bond donors (Lipinski definition) is 1. The van der Waals surface area contributed by atoms with Gasteiger partial charge in [-0.25, -0.2) is 0 Å². The SMILES string of the molecule is CC[C@H](c1sccc1Br)N1CCNCC1. The average Bonchev–Trinajstić information content (AvgIpc) is 2.68. The van der Waals surface area contributed by atoms with Crippen molar-refractivity contribution < 1.29 is 0 Å². The normalized spacial score (nSPS) is 20.4. The van der Waals surface area contributed by atoms with E-state index in [1.54, 1.807) is 0 Å². The minimum Gasteiger partial charge on any atom is -0.314 e. The van der Waals surface area contributed by atoms with E-state index in [0.717, 1.165) is 13.1 Å². The van der Waals surface area contributed by atoms with Crippen molar-refractivity contribution in [2.45, 2.75) is 19.4 Å². The molecule has 2 rings (SSSR count). The molecule has 2 heterocycles. The number of piperazine rings is 1. The van der Waals surface area contributed by atoms with E-state index in [-0.39, 0.29) is 0 Å². The molecule has 0 aliphatic carbocycles. The first kappa shape index (κ1) is 11.6. The van der Waals surface area contributed by atoms with Gasteiger partial charge < -0.3 is 5.32 Å². The van der Waals surface area contributed by atoms with E-state index in [2.05, 4.69) is 44.5 Å². The van der Waals surface area contributed by atoms with Crippen LogP contribution in [0.25, 0.3) is 0 Å². The van der Waals surface area contributed by atoms with E-state index >= 15 is 0 Å². The van der Waals surface area contributed by atoms with Crippen LogP contribution in [0.3, 0.4) is 0 Å². The van der Waals surface area contributed by atoms with Gasteiger partial charge >= 0.3 is 0 Å². The molecule has 0 radical (unpaired) electrons. The van der Waals surface area contributed by atoms with Crippen molar-refractivity contribution in [1.29, 1.82) is 0 Å². The molecule has 1 aliphatic heterocycles. The third-order valence-electron chi connectivity index (χ3n) is 2.93. The largest absolute Gasteiger partial charge is 0.314 e. The Morgan fingerprint density at radius 3 is 2.80 bits per heavy atom. The van der Waals surface area contributed by atoms with E-state index in [1.165, 1.54) is 28.9 Å². The number of halogens is 1. The van der Waals surface area contributed by atoms with Crippen LogP contribution in [0, 0.1) is 0 Å². The number of nitrogens with one attached hydrogen (secondary N) is 1. The van der Waals surface area contributed by atoms with E-state index in [0.29, 0.717) is 6.04 Å².